The van der Waals surface area contributed by atoms with Crippen molar-refractivity contribution in [3.8, 4) is 0 Å². The van der Waals surface area contributed by atoms with Gasteiger partial charge in [0.2, 0.25) is 0 Å². The molecule has 0 atom stereocenters. The van der Waals surface area contributed by atoms with Crippen LogP contribution >= 0.6 is 11.6 Å². The van der Waals surface area contributed by atoms with Crippen molar-refractivity contribution in [1.82, 2.24) is 9.88 Å². The number of aromatic nitrogens is 1. The van der Waals surface area contributed by atoms with E-state index in [2.05, 4.69) is 4.98 Å². The van der Waals surface area contributed by atoms with Crippen LogP contribution in [-0.2, 0) is 4.79 Å². The lowest BCUT2D eigenvalue weighted by Crippen LogP contribution is -2.36. The van der Waals surface area contributed by atoms with Crippen LogP contribution in [0.15, 0.2) is 12.3 Å². The zero-order chi connectivity index (χ0) is 12.1. The molecule has 1 heterocycles. The summed E-state index contributed by atoms with van der Waals surface area (Å²) in [6, 6.07) is 1.48. The van der Waals surface area contributed by atoms with Crippen LogP contribution in [0, 0.1) is 0 Å². The zero-order valence-electron chi connectivity index (χ0n) is 8.86. The first kappa shape index (κ1) is 12.6. The van der Waals surface area contributed by atoms with Crippen LogP contribution < -0.4 is 0 Å². The highest BCUT2D eigenvalue weighted by Gasteiger charge is 2.18. The average molecular weight is 245 g/mol. The van der Waals surface area contributed by atoms with Gasteiger partial charge in [0.1, 0.15) is 12.2 Å². The smallest absolute Gasteiger partial charge is 0.323 e. The van der Waals surface area contributed by atoms with Crippen molar-refractivity contribution in [2.24, 2.45) is 0 Å². The number of aromatic amines is 1. The van der Waals surface area contributed by atoms with E-state index in [1.807, 2.05) is 6.92 Å². The predicted octanol–water partition coefficient (Wildman–Crippen LogP) is 1.60. The van der Waals surface area contributed by atoms with Crippen molar-refractivity contribution < 1.29 is 14.7 Å². The fourth-order valence-electron chi connectivity index (χ4n) is 1.35. The third kappa shape index (κ3) is 3.27. The van der Waals surface area contributed by atoms with Gasteiger partial charge in [0.05, 0.1) is 5.02 Å². The Morgan fingerprint density at radius 1 is 1.56 bits per heavy atom. The molecule has 0 aliphatic heterocycles. The number of nitrogens with zero attached hydrogens (tertiary/aromatic N) is 1. The Bertz CT molecular complexity index is 389. The molecule has 0 bridgehead atoms. The van der Waals surface area contributed by atoms with Gasteiger partial charge < -0.3 is 15.0 Å². The summed E-state index contributed by atoms with van der Waals surface area (Å²) >= 11 is 5.67. The number of carbonyl (C=O) groups is 2. The monoisotopic (exact) mass is 244 g/mol. The lowest BCUT2D eigenvalue weighted by molar-refractivity contribution is -0.137. The fourth-order valence-corrected chi connectivity index (χ4v) is 1.51. The molecule has 88 valence electrons. The molecule has 1 rings (SSSR count). The number of hydrogen-bond donors (Lipinski definition) is 2. The second-order valence-electron chi connectivity index (χ2n) is 3.35. The van der Waals surface area contributed by atoms with E-state index in [0.717, 1.165) is 0 Å². The number of carboxylic acids is 1. The highest BCUT2D eigenvalue weighted by Crippen LogP contribution is 2.11. The Morgan fingerprint density at radius 2 is 2.25 bits per heavy atom. The van der Waals surface area contributed by atoms with Crippen LogP contribution in [0.1, 0.15) is 23.8 Å². The minimum Gasteiger partial charge on any atom is -0.480 e. The lowest BCUT2D eigenvalue weighted by atomic mass is 10.3. The first-order valence-corrected chi connectivity index (χ1v) is 5.27. The topological polar surface area (TPSA) is 73.4 Å². The van der Waals surface area contributed by atoms with Gasteiger partial charge in [0, 0.05) is 12.7 Å². The van der Waals surface area contributed by atoms with Crippen LogP contribution in [0.2, 0.25) is 5.02 Å². The molecule has 0 fully saturated rings. The second-order valence-corrected chi connectivity index (χ2v) is 3.79. The molecule has 0 aromatic carbocycles. The van der Waals surface area contributed by atoms with Gasteiger partial charge in [0.15, 0.2) is 0 Å². The summed E-state index contributed by atoms with van der Waals surface area (Å²) < 4.78 is 0. The summed E-state index contributed by atoms with van der Waals surface area (Å²) in [5.41, 5.74) is 0.305. The Hall–Kier alpha value is -1.49. The molecule has 16 heavy (non-hydrogen) atoms. The third-order valence-corrected chi connectivity index (χ3v) is 2.20. The standard InChI is InChI=1S/C10H13ClN2O3/c1-2-3-13(6-9(14)15)10(16)8-4-7(11)5-12-8/h4-5,12H,2-3,6H2,1H3,(H,14,15). The van der Waals surface area contributed by atoms with E-state index in [9.17, 15) is 9.59 Å². The van der Waals surface area contributed by atoms with Crippen LogP contribution in [0.5, 0.6) is 0 Å². The molecule has 1 aromatic rings. The van der Waals surface area contributed by atoms with Crippen molar-refractivity contribution in [1.29, 1.82) is 0 Å². The first-order valence-electron chi connectivity index (χ1n) is 4.89. The molecule has 1 amide bonds. The van der Waals surface area contributed by atoms with E-state index in [1.165, 1.54) is 17.2 Å². The van der Waals surface area contributed by atoms with Gasteiger partial charge in [-0.25, -0.2) is 0 Å². The minimum atomic E-state index is -1.03. The molecular formula is C10H13ClN2O3. The molecular weight excluding hydrogens is 232 g/mol. The molecule has 0 aliphatic rings. The van der Waals surface area contributed by atoms with Crippen molar-refractivity contribution in [2.75, 3.05) is 13.1 Å². The number of carboxylic acid groups (broad SMARTS) is 1. The predicted molar refractivity (Wildman–Crippen MR) is 59.6 cm³/mol. The number of amides is 1. The number of nitrogens with one attached hydrogen (secondary N) is 1. The van der Waals surface area contributed by atoms with Crippen LogP contribution in [0.3, 0.4) is 0 Å². The maximum absolute atomic E-state index is 11.9. The number of hydrogen-bond acceptors (Lipinski definition) is 2. The SMILES string of the molecule is CCCN(CC(=O)O)C(=O)c1cc(Cl)c[nH]1. The molecule has 0 saturated heterocycles. The number of halogens is 1. The van der Waals surface area contributed by atoms with E-state index in [4.69, 9.17) is 16.7 Å². The minimum absolute atomic E-state index is 0.302. The van der Waals surface area contributed by atoms with E-state index >= 15 is 0 Å². The van der Waals surface area contributed by atoms with Crippen molar-refractivity contribution in [2.45, 2.75) is 13.3 Å². The number of H-pyrrole nitrogens is 1. The molecule has 0 radical (unpaired) electrons. The van der Waals surface area contributed by atoms with Gasteiger partial charge in [-0.05, 0) is 12.5 Å². The normalized spacial score (nSPS) is 10.1. The van der Waals surface area contributed by atoms with Gasteiger partial charge in [-0.3, -0.25) is 9.59 Å². The van der Waals surface area contributed by atoms with E-state index in [-0.39, 0.29) is 12.5 Å². The highest BCUT2D eigenvalue weighted by molar-refractivity contribution is 6.30. The van der Waals surface area contributed by atoms with E-state index in [0.29, 0.717) is 23.7 Å². The van der Waals surface area contributed by atoms with Gasteiger partial charge >= 0.3 is 5.97 Å². The third-order valence-electron chi connectivity index (χ3n) is 1.99. The quantitative estimate of drug-likeness (QED) is 0.826. The number of rotatable bonds is 5. The summed E-state index contributed by atoms with van der Waals surface area (Å²) in [5.74, 6) is -1.38. The first-order chi connectivity index (χ1) is 7.54. The van der Waals surface area contributed by atoms with Crippen molar-refractivity contribution in [3.05, 3.63) is 23.0 Å². The van der Waals surface area contributed by atoms with Gasteiger partial charge in [0.25, 0.3) is 5.91 Å². The van der Waals surface area contributed by atoms with Crippen LogP contribution in [0.4, 0.5) is 0 Å². The van der Waals surface area contributed by atoms with Gasteiger partial charge in [-0.15, -0.1) is 0 Å². The Kier molecular flexibility index (Phi) is 4.37. The summed E-state index contributed by atoms with van der Waals surface area (Å²) in [7, 11) is 0. The highest BCUT2D eigenvalue weighted by atomic mass is 35.5. The molecule has 0 unspecified atom stereocenters. The van der Waals surface area contributed by atoms with E-state index in [1.54, 1.807) is 0 Å². The Morgan fingerprint density at radius 3 is 2.69 bits per heavy atom. The number of carbonyl (C=O) groups excluding carboxylic acids is 1. The van der Waals surface area contributed by atoms with Gasteiger partial charge in [-0.1, -0.05) is 18.5 Å². The van der Waals surface area contributed by atoms with E-state index < -0.39 is 5.97 Å². The fraction of sp³-hybridized carbons (Fsp3) is 0.400. The molecule has 2 N–H and O–H groups in total. The van der Waals surface area contributed by atoms with Crippen LogP contribution in [-0.4, -0.2) is 40.0 Å². The summed E-state index contributed by atoms with van der Waals surface area (Å²) in [6.45, 7) is 1.98. The van der Waals surface area contributed by atoms with Crippen LogP contribution in [0.25, 0.3) is 0 Å². The summed E-state index contributed by atoms with van der Waals surface area (Å²) in [5, 5.41) is 9.11. The Labute approximate surface area is 98.0 Å². The Balaban J connectivity index is 2.78. The average Bonchev–Trinajstić information content (AvgIpc) is 2.62. The molecule has 1 aromatic heterocycles. The van der Waals surface area contributed by atoms with Gasteiger partial charge in [-0.2, -0.15) is 0 Å². The van der Waals surface area contributed by atoms with Crippen molar-refractivity contribution >= 4 is 23.5 Å². The largest absolute Gasteiger partial charge is 0.480 e. The maximum atomic E-state index is 11.9. The second kappa shape index (κ2) is 5.55. The molecule has 0 spiro atoms. The molecule has 0 aliphatic carbocycles. The maximum Gasteiger partial charge on any atom is 0.323 e. The molecule has 6 heteroatoms. The summed E-state index contributed by atoms with van der Waals surface area (Å²) in [4.78, 5) is 26.4. The summed E-state index contributed by atoms with van der Waals surface area (Å²) in [6.07, 6.45) is 2.19. The van der Waals surface area contributed by atoms with Crippen molar-refractivity contribution in [3.63, 3.8) is 0 Å². The molecule has 5 nitrogen and oxygen atoms in total. The lowest BCUT2D eigenvalue weighted by Gasteiger charge is -2.18. The zero-order valence-corrected chi connectivity index (χ0v) is 9.62. The molecule has 0 saturated carbocycles. The number of aliphatic carboxylic acids is 1.